The molecule has 1 atom stereocenters. The molecule has 2 aromatic carbocycles. The summed E-state index contributed by atoms with van der Waals surface area (Å²) < 4.78 is 26.6. The summed E-state index contributed by atoms with van der Waals surface area (Å²) in [6, 6.07) is 11.0. The highest BCUT2D eigenvalue weighted by Crippen LogP contribution is 2.26. The Balaban J connectivity index is 1.53. The molecule has 1 aliphatic rings. The van der Waals surface area contributed by atoms with E-state index < -0.39 is 29.1 Å². The van der Waals surface area contributed by atoms with Gasteiger partial charge in [-0.25, -0.2) is 9.18 Å². The fourth-order valence-corrected chi connectivity index (χ4v) is 3.59. The first-order valence-electron chi connectivity index (χ1n) is 9.72. The number of halogens is 1. The summed E-state index contributed by atoms with van der Waals surface area (Å²) in [4.78, 5) is 24.1. The maximum atomic E-state index is 14.8. The highest BCUT2D eigenvalue weighted by Gasteiger charge is 2.45. The number of carbonyl (C=O) groups is 1. The van der Waals surface area contributed by atoms with Crippen molar-refractivity contribution in [2.45, 2.75) is 18.1 Å². The number of hydrogen-bond donors (Lipinski definition) is 2. The Labute approximate surface area is 177 Å². The van der Waals surface area contributed by atoms with Gasteiger partial charge >= 0.3 is 5.76 Å². The molecule has 0 radical (unpaired) electrons. The number of nitriles is 1. The van der Waals surface area contributed by atoms with E-state index in [0.717, 1.165) is 5.56 Å². The average molecular weight is 424 g/mol. The van der Waals surface area contributed by atoms with Gasteiger partial charge in [-0.1, -0.05) is 18.2 Å². The lowest BCUT2D eigenvalue weighted by molar-refractivity contribution is -0.150. The molecule has 0 aliphatic carbocycles. The van der Waals surface area contributed by atoms with E-state index in [2.05, 4.69) is 10.6 Å². The van der Waals surface area contributed by atoms with Crippen LogP contribution in [0.25, 0.3) is 22.2 Å². The van der Waals surface area contributed by atoms with Gasteiger partial charge in [-0.3, -0.25) is 9.36 Å². The Kier molecular flexibility index (Phi) is 5.35. The van der Waals surface area contributed by atoms with Crippen LogP contribution in [0.5, 0.6) is 0 Å². The number of nitrogens with zero attached hydrogens (tertiary/aromatic N) is 2. The predicted octanol–water partition coefficient (Wildman–Crippen LogP) is 1.48. The number of carbonyl (C=O) groups excluding carboxylic acids is 1. The fourth-order valence-electron chi connectivity index (χ4n) is 3.59. The Bertz CT molecular complexity index is 1250. The zero-order chi connectivity index (χ0) is 22.2. The Hall–Kier alpha value is -3.48. The quantitative estimate of drug-likeness (QED) is 0.620. The Morgan fingerprint density at radius 2 is 2.06 bits per heavy atom. The Morgan fingerprint density at radius 1 is 1.35 bits per heavy atom. The molecule has 0 saturated carbocycles. The van der Waals surface area contributed by atoms with E-state index in [-0.39, 0.29) is 6.42 Å². The van der Waals surface area contributed by atoms with Gasteiger partial charge in [0.25, 0.3) is 5.91 Å². The summed E-state index contributed by atoms with van der Waals surface area (Å²) in [5, 5.41) is 15.0. The van der Waals surface area contributed by atoms with Gasteiger partial charge in [0.1, 0.15) is 11.9 Å². The summed E-state index contributed by atoms with van der Waals surface area (Å²) in [6.45, 7) is 0.728. The first-order chi connectivity index (χ1) is 14.9. The van der Waals surface area contributed by atoms with Crippen molar-refractivity contribution < 1.29 is 18.3 Å². The van der Waals surface area contributed by atoms with Gasteiger partial charge in [-0.2, -0.15) is 5.26 Å². The number of methoxy groups -OCH3 is 1. The summed E-state index contributed by atoms with van der Waals surface area (Å²) in [5.74, 6) is -1.34. The smallest absolute Gasteiger partial charge is 0.408 e. The van der Waals surface area contributed by atoms with Crippen molar-refractivity contribution in [3.8, 4) is 17.2 Å². The summed E-state index contributed by atoms with van der Waals surface area (Å²) in [5.41, 5.74) is 1.73. The normalized spacial score (nSPS) is 15.8. The molecule has 31 heavy (non-hydrogen) atoms. The molecule has 1 amide bonds. The third-order valence-electron chi connectivity index (χ3n) is 5.69. The number of benzene rings is 2. The monoisotopic (exact) mass is 424 g/mol. The van der Waals surface area contributed by atoms with E-state index in [1.54, 1.807) is 37.4 Å². The van der Waals surface area contributed by atoms with Gasteiger partial charge in [0.15, 0.2) is 11.2 Å². The van der Waals surface area contributed by atoms with Crippen molar-refractivity contribution in [3.05, 3.63) is 58.3 Å². The maximum Gasteiger partial charge on any atom is 0.419 e. The molecular weight excluding hydrogens is 403 g/mol. The fraction of sp³-hybridized carbons (Fsp3) is 0.318. The molecule has 160 valence electrons. The number of nitrogens with one attached hydrogen (secondary N) is 2. The lowest BCUT2D eigenvalue weighted by Gasteiger charge is -2.39. The van der Waals surface area contributed by atoms with Crippen LogP contribution in [-0.2, 0) is 23.0 Å². The van der Waals surface area contributed by atoms with E-state index in [4.69, 9.17) is 9.15 Å². The van der Waals surface area contributed by atoms with Crippen LogP contribution in [0.2, 0.25) is 0 Å². The lowest BCUT2D eigenvalue weighted by Crippen LogP contribution is -2.69. The van der Waals surface area contributed by atoms with Gasteiger partial charge in [0, 0.05) is 33.7 Å². The van der Waals surface area contributed by atoms with E-state index >= 15 is 0 Å². The minimum absolute atomic E-state index is 0.0246. The van der Waals surface area contributed by atoms with Gasteiger partial charge in [-0.15, -0.1) is 0 Å². The standard InChI is InChI=1S/C22H21FN4O4/c1-27-18-9-14(5-6-19(18)31-21(27)29)13-3-4-15(17(23)8-13)7-16(10-24)26-20(28)22(30-2)11-25-12-22/h3-6,8-9,16,25H,7,11-12H2,1-2H3,(H,26,28)/t16-/m0/s1. The van der Waals surface area contributed by atoms with E-state index in [1.807, 2.05) is 6.07 Å². The SMILES string of the molecule is COC1(C(=O)N[C@H](C#N)Cc2ccc(-c3ccc4oc(=O)n(C)c4c3)cc2F)CNC1. The zero-order valence-electron chi connectivity index (χ0n) is 17.1. The number of oxazole rings is 1. The van der Waals surface area contributed by atoms with Crippen LogP contribution >= 0.6 is 0 Å². The van der Waals surface area contributed by atoms with Crippen LogP contribution in [0.15, 0.2) is 45.6 Å². The molecule has 9 heteroatoms. The molecule has 4 rings (SSSR count). The molecule has 2 heterocycles. The number of amides is 1. The molecule has 3 aromatic rings. The van der Waals surface area contributed by atoms with Crippen LogP contribution < -0.4 is 16.4 Å². The van der Waals surface area contributed by atoms with Crippen molar-refractivity contribution in [1.82, 2.24) is 15.2 Å². The molecule has 0 bridgehead atoms. The highest BCUT2D eigenvalue weighted by molar-refractivity contribution is 5.87. The second-order valence-electron chi connectivity index (χ2n) is 7.58. The third-order valence-corrected chi connectivity index (χ3v) is 5.69. The number of aromatic nitrogens is 1. The predicted molar refractivity (Wildman–Crippen MR) is 111 cm³/mol. The second-order valence-corrected chi connectivity index (χ2v) is 7.58. The van der Waals surface area contributed by atoms with E-state index in [1.165, 1.54) is 17.7 Å². The minimum atomic E-state index is -0.983. The van der Waals surface area contributed by atoms with Crippen molar-refractivity contribution in [3.63, 3.8) is 0 Å². The van der Waals surface area contributed by atoms with Crippen molar-refractivity contribution in [2.75, 3.05) is 20.2 Å². The lowest BCUT2D eigenvalue weighted by atomic mass is 9.94. The van der Waals surface area contributed by atoms with E-state index in [0.29, 0.717) is 35.3 Å². The summed E-state index contributed by atoms with van der Waals surface area (Å²) in [6.07, 6.45) is 0.0246. The van der Waals surface area contributed by atoms with Crippen LogP contribution in [0.3, 0.4) is 0 Å². The Morgan fingerprint density at radius 3 is 2.68 bits per heavy atom. The van der Waals surface area contributed by atoms with Crippen molar-refractivity contribution in [1.29, 1.82) is 5.26 Å². The summed E-state index contributed by atoms with van der Waals surface area (Å²) >= 11 is 0. The van der Waals surface area contributed by atoms with Gasteiger partial charge < -0.3 is 19.8 Å². The highest BCUT2D eigenvalue weighted by atomic mass is 19.1. The number of hydrogen-bond acceptors (Lipinski definition) is 6. The van der Waals surface area contributed by atoms with Crippen LogP contribution in [0.4, 0.5) is 4.39 Å². The number of aryl methyl sites for hydroxylation is 1. The van der Waals surface area contributed by atoms with Crippen LogP contribution in [0, 0.1) is 17.1 Å². The third kappa shape index (κ3) is 3.71. The van der Waals surface area contributed by atoms with Gasteiger partial charge in [-0.05, 0) is 34.9 Å². The number of ether oxygens (including phenoxy) is 1. The number of fused-ring (bicyclic) bond motifs is 1. The van der Waals surface area contributed by atoms with Gasteiger partial charge in [0.05, 0.1) is 11.6 Å². The van der Waals surface area contributed by atoms with Crippen LogP contribution in [-0.4, -0.2) is 42.3 Å². The first kappa shape index (κ1) is 20.8. The molecule has 0 spiro atoms. The molecule has 1 aromatic heterocycles. The first-order valence-corrected chi connectivity index (χ1v) is 9.72. The van der Waals surface area contributed by atoms with Crippen molar-refractivity contribution in [2.24, 2.45) is 7.05 Å². The topological polar surface area (TPSA) is 109 Å². The number of rotatable bonds is 6. The minimum Gasteiger partial charge on any atom is -0.408 e. The second kappa shape index (κ2) is 7.98. The molecule has 1 saturated heterocycles. The molecule has 2 N–H and O–H groups in total. The molecule has 1 aliphatic heterocycles. The van der Waals surface area contributed by atoms with Crippen LogP contribution in [0.1, 0.15) is 5.56 Å². The zero-order valence-corrected chi connectivity index (χ0v) is 17.1. The molecule has 8 nitrogen and oxygen atoms in total. The molecular formula is C22H21FN4O4. The maximum absolute atomic E-state index is 14.8. The van der Waals surface area contributed by atoms with E-state index in [9.17, 15) is 19.2 Å². The van der Waals surface area contributed by atoms with Crippen molar-refractivity contribution >= 4 is 17.0 Å². The molecule has 1 fully saturated rings. The molecule has 0 unspecified atom stereocenters. The summed E-state index contributed by atoms with van der Waals surface area (Å²) in [7, 11) is 3.05. The largest absolute Gasteiger partial charge is 0.419 e. The van der Waals surface area contributed by atoms with Gasteiger partial charge in [0.2, 0.25) is 0 Å². The average Bonchev–Trinajstić information content (AvgIpc) is 3.01.